The molecule has 1 aliphatic carbocycles. The van der Waals surface area contributed by atoms with Crippen molar-refractivity contribution in [3.63, 3.8) is 0 Å². The van der Waals surface area contributed by atoms with Gasteiger partial charge in [-0.05, 0) is 48.6 Å². The highest BCUT2D eigenvalue weighted by Gasteiger charge is 2.24. The van der Waals surface area contributed by atoms with Crippen LogP contribution < -0.4 is 10.5 Å². The molecule has 1 fully saturated rings. The zero-order valence-corrected chi connectivity index (χ0v) is 16.8. The molecule has 1 saturated carbocycles. The number of carbonyl (C=O) groups is 1. The number of benzene rings is 2. The second-order valence-electron chi connectivity index (χ2n) is 7.70. The summed E-state index contributed by atoms with van der Waals surface area (Å²) in [6, 6.07) is 16.4. The summed E-state index contributed by atoms with van der Waals surface area (Å²) in [6.45, 7) is 1.09. The molecule has 2 unspecified atom stereocenters. The van der Waals surface area contributed by atoms with E-state index in [0.717, 1.165) is 17.9 Å². The summed E-state index contributed by atoms with van der Waals surface area (Å²) in [5.41, 5.74) is 7.07. The van der Waals surface area contributed by atoms with Gasteiger partial charge in [-0.2, -0.15) is 0 Å². The van der Waals surface area contributed by atoms with Crippen LogP contribution in [0, 0.1) is 5.92 Å². The Morgan fingerprint density at radius 2 is 1.76 bits per heavy atom. The molecule has 0 radical (unpaired) electrons. The molecule has 0 aliphatic heterocycles. The predicted octanol–water partition coefficient (Wildman–Crippen LogP) is 4.31. The Hall–Kier alpha value is -2.37. The van der Waals surface area contributed by atoms with Gasteiger partial charge in [-0.1, -0.05) is 61.7 Å². The molecule has 156 valence electrons. The summed E-state index contributed by atoms with van der Waals surface area (Å²) in [7, 11) is 0. The van der Waals surface area contributed by atoms with Crippen LogP contribution in [0.25, 0.3) is 0 Å². The van der Waals surface area contributed by atoms with Gasteiger partial charge < -0.3 is 20.3 Å². The van der Waals surface area contributed by atoms with Gasteiger partial charge in [-0.15, -0.1) is 0 Å². The second-order valence-corrected chi connectivity index (χ2v) is 7.70. The van der Waals surface area contributed by atoms with Gasteiger partial charge >= 0.3 is 5.97 Å². The van der Waals surface area contributed by atoms with E-state index in [1.165, 1.54) is 32.1 Å². The van der Waals surface area contributed by atoms with Gasteiger partial charge in [0.1, 0.15) is 11.9 Å². The van der Waals surface area contributed by atoms with Crippen molar-refractivity contribution in [2.75, 3.05) is 13.2 Å². The summed E-state index contributed by atoms with van der Waals surface area (Å²) in [5, 5.41) is 10.3. The molecule has 2 aromatic rings. The van der Waals surface area contributed by atoms with Crippen molar-refractivity contribution in [2.24, 2.45) is 11.7 Å². The number of carbonyl (C=O) groups excluding carboxylic acids is 1. The fraction of sp³-hybridized carbons (Fsp3) is 0.458. The minimum atomic E-state index is -1.32. The normalized spacial score (nSPS) is 16.8. The predicted molar refractivity (Wildman–Crippen MR) is 112 cm³/mol. The van der Waals surface area contributed by atoms with E-state index in [2.05, 4.69) is 0 Å². The minimum Gasteiger partial charge on any atom is -0.493 e. The van der Waals surface area contributed by atoms with Crippen molar-refractivity contribution in [1.29, 1.82) is 0 Å². The first-order chi connectivity index (χ1) is 14.2. The highest BCUT2D eigenvalue weighted by molar-refractivity contribution is 5.76. The molecular weight excluding hydrogens is 366 g/mol. The minimum absolute atomic E-state index is 0.368. The first-order valence-electron chi connectivity index (χ1n) is 10.5. The number of aliphatic hydroxyl groups is 1. The average Bonchev–Trinajstić information content (AvgIpc) is 2.78. The number of rotatable bonds is 9. The van der Waals surface area contributed by atoms with Crippen LogP contribution in [0.2, 0.25) is 0 Å². The van der Waals surface area contributed by atoms with Gasteiger partial charge in [0.25, 0.3) is 0 Å². The molecule has 5 heteroatoms. The van der Waals surface area contributed by atoms with Crippen molar-refractivity contribution >= 4 is 5.97 Å². The van der Waals surface area contributed by atoms with Crippen LogP contribution in [-0.4, -0.2) is 24.2 Å². The number of hydrogen-bond donors (Lipinski definition) is 2. The van der Waals surface area contributed by atoms with Gasteiger partial charge in [-0.3, -0.25) is 0 Å². The van der Waals surface area contributed by atoms with E-state index in [1.54, 1.807) is 24.3 Å². The van der Waals surface area contributed by atoms with E-state index >= 15 is 0 Å². The molecule has 0 amide bonds. The second kappa shape index (κ2) is 11.0. The van der Waals surface area contributed by atoms with E-state index < -0.39 is 18.2 Å². The quantitative estimate of drug-likeness (QED) is 0.616. The Balaban J connectivity index is 1.64. The highest BCUT2D eigenvalue weighted by atomic mass is 16.6. The summed E-state index contributed by atoms with van der Waals surface area (Å²) in [4.78, 5) is 12.5. The lowest BCUT2D eigenvalue weighted by Crippen LogP contribution is -2.20. The van der Waals surface area contributed by atoms with Crippen molar-refractivity contribution in [3.8, 4) is 5.75 Å². The first kappa shape index (κ1) is 21.3. The molecular formula is C24H31NO4. The Labute approximate surface area is 172 Å². The fourth-order valence-electron chi connectivity index (χ4n) is 3.79. The number of esters is 1. The maximum atomic E-state index is 12.5. The van der Waals surface area contributed by atoms with E-state index in [1.807, 2.05) is 30.3 Å². The Bertz CT molecular complexity index is 758. The number of ether oxygens (including phenoxy) is 2. The molecule has 0 bridgehead atoms. The highest BCUT2D eigenvalue weighted by Crippen LogP contribution is 2.29. The van der Waals surface area contributed by atoms with E-state index in [9.17, 15) is 9.90 Å². The van der Waals surface area contributed by atoms with Crippen LogP contribution in [0.4, 0.5) is 0 Å². The van der Waals surface area contributed by atoms with Crippen molar-refractivity contribution in [2.45, 2.75) is 50.7 Å². The molecule has 0 aromatic heterocycles. The van der Waals surface area contributed by atoms with Crippen LogP contribution in [0.1, 0.15) is 61.9 Å². The van der Waals surface area contributed by atoms with Crippen LogP contribution in [-0.2, 0) is 9.53 Å². The van der Waals surface area contributed by atoms with E-state index in [4.69, 9.17) is 15.2 Å². The zero-order chi connectivity index (χ0) is 20.5. The zero-order valence-electron chi connectivity index (χ0n) is 16.8. The third kappa shape index (κ3) is 6.31. The Morgan fingerprint density at radius 3 is 2.48 bits per heavy atom. The monoisotopic (exact) mass is 397 g/mol. The summed E-state index contributed by atoms with van der Waals surface area (Å²) < 4.78 is 11.6. The van der Waals surface area contributed by atoms with Crippen molar-refractivity contribution < 1.29 is 19.4 Å². The lowest BCUT2D eigenvalue weighted by Gasteiger charge is -2.23. The van der Waals surface area contributed by atoms with Crippen LogP contribution >= 0.6 is 0 Å². The Morgan fingerprint density at radius 1 is 1.03 bits per heavy atom. The summed E-state index contributed by atoms with van der Waals surface area (Å²) in [6.07, 6.45) is 4.98. The first-order valence-corrected chi connectivity index (χ1v) is 10.5. The fourth-order valence-corrected chi connectivity index (χ4v) is 3.79. The van der Waals surface area contributed by atoms with Gasteiger partial charge in [0.15, 0.2) is 6.10 Å². The van der Waals surface area contributed by atoms with Gasteiger partial charge in [0.2, 0.25) is 0 Å². The van der Waals surface area contributed by atoms with Gasteiger partial charge in [-0.25, -0.2) is 4.79 Å². The van der Waals surface area contributed by atoms with Crippen LogP contribution in [0.5, 0.6) is 5.75 Å². The van der Waals surface area contributed by atoms with Crippen LogP contribution in [0.15, 0.2) is 54.6 Å². The standard InChI is InChI=1S/C24H31NO4/c25-15-14-22(29-24(27)23(26)19-10-5-2-6-11-19)20-12-7-13-21(16-20)28-17-18-8-3-1-4-9-18/h2,5-7,10-13,16,18,22-23,26H,1,3-4,8-9,14-15,17,25H2. The lowest BCUT2D eigenvalue weighted by molar-refractivity contribution is -0.160. The smallest absolute Gasteiger partial charge is 0.340 e. The third-order valence-electron chi connectivity index (χ3n) is 5.47. The molecule has 3 rings (SSSR count). The van der Waals surface area contributed by atoms with Crippen molar-refractivity contribution in [3.05, 3.63) is 65.7 Å². The van der Waals surface area contributed by atoms with Gasteiger partial charge in [0, 0.05) is 6.42 Å². The molecule has 2 aromatic carbocycles. The molecule has 29 heavy (non-hydrogen) atoms. The van der Waals surface area contributed by atoms with E-state index in [0.29, 0.717) is 24.4 Å². The lowest BCUT2D eigenvalue weighted by atomic mass is 9.90. The maximum Gasteiger partial charge on any atom is 0.340 e. The largest absolute Gasteiger partial charge is 0.493 e. The number of aliphatic hydroxyl groups excluding tert-OH is 1. The summed E-state index contributed by atoms with van der Waals surface area (Å²) in [5.74, 6) is 0.712. The molecule has 3 N–H and O–H groups in total. The summed E-state index contributed by atoms with van der Waals surface area (Å²) >= 11 is 0. The third-order valence-corrected chi connectivity index (χ3v) is 5.47. The SMILES string of the molecule is NCCC(OC(=O)C(O)c1ccccc1)c1cccc(OCC2CCCCC2)c1. The van der Waals surface area contributed by atoms with E-state index in [-0.39, 0.29) is 0 Å². The molecule has 2 atom stereocenters. The molecule has 0 spiro atoms. The Kier molecular flexibility index (Phi) is 8.08. The maximum absolute atomic E-state index is 12.5. The molecule has 5 nitrogen and oxygen atoms in total. The topological polar surface area (TPSA) is 81.8 Å². The van der Waals surface area contributed by atoms with Crippen molar-refractivity contribution in [1.82, 2.24) is 0 Å². The molecule has 0 saturated heterocycles. The number of nitrogens with two attached hydrogens (primary N) is 1. The molecule has 0 heterocycles. The average molecular weight is 398 g/mol. The van der Waals surface area contributed by atoms with Gasteiger partial charge in [0.05, 0.1) is 6.61 Å². The number of hydrogen-bond acceptors (Lipinski definition) is 5. The molecule has 1 aliphatic rings. The van der Waals surface area contributed by atoms with Crippen LogP contribution in [0.3, 0.4) is 0 Å².